The fourth-order valence-electron chi connectivity index (χ4n) is 13.2. The highest BCUT2D eigenvalue weighted by Gasteiger charge is 2.55. The summed E-state index contributed by atoms with van der Waals surface area (Å²) in [5.41, 5.74) is 0. The first-order valence-corrected chi connectivity index (χ1v) is 20.4. The zero-order valence-corrected chi connectivity index (χ0v) is 28.5. The molecule has 8 nitrogen and oxygen atoms in total. The maximum absolute atomic E-state index is 4.38. The van der Waals surface area contributed by atoms with E-state index in [1.165, 1.54) is 116 Å². The molecule has 0 spiro atoms. The Kier molecular flexibility index (Phi) is 9.30. The van der Waals surface area contributed by atoms with Crippen LogP contribution in [0.4, 0.5) is 0 Å². The molecule has 9 aliphatic rings. The minimum absolute atomic E-state index is 0.383. The van der Waals surface area contributed by atoms with E-state index in [0.717, 1.165) is 47.8 Å². The topological polar surface area (TPSA) is 96.2 Å². The maximum atomic E-state index is 4.38. The summed E-state index contributed by atoms with van der Waals surface area (Å²) in [5, 5.41) is 34.3. The zero-order valence-electron chi connectivity index (χ0n) is 28.5. The van der Waals surface area contributed by atoms with E-state index in [2.05, 4.69) is 55.2 Å². The normalized spacial score (nSPS) is 53.2. The molecule has 5 saturated heterocycles. The van der Waals surface area contributed by atoms with Crippen LogP contribution in [0.1, 0.15) is 122 Å². The number of rotatable bonds is 5. The molecule has 46 heavy (non-hydrogen) atoms. The summed E-state index contributed by atoms with van der Waals surface area (Å²) in [7, 11) is 0. The number of hydrogen-bond donors (Lipinski definition) is 8. The summed E-state index contributed by atoms with van der Waals surface area (Å²) in [4.78, 5) is 0. The van der Waals surface area contributed by atoms with Crippen molar-refractivity contribution in [2.75, 3.05) is 0 Å². The Hall–Kier alpha value is -0.580. The van der Waals surface area contributed by atoms with Crippen LogP contribution in [0.25, 0.3) is 0 Å². The van der Waals surface area contributed by atoms with Gasteiger partial charge in [0.05, 0.1) is 49.3 Å². The van der Waals surface area contributed by atoms with Crippen LogP contribution in [-0.2, 0) is 0 Å². The Morgan fingerprint density at radius 2 is 0.739 bits per heavy atom. The van der Waals surface area contributed by atoms with E-state index in [-0.39, 0.29) is 0 Å². The molecule has 4 aliphatic carbocycles. The van der Waals surface area contributed by atoms with Crippen LogP contribution in [0.15, 0.2) is 12.7 Å². The molecule has 9 rings (SSSR count). The van der Waals surface area contributed by atoms with Crippen molar-refractivity contribution in [3.8, 4) is 0 Å². The summed E-state index contributed by atoms with van der Waals surface area (Å²) in [6.07, 6.45) is 31.2. The second-order valence-electron chi connectivity index (χ2n) is 17.5. The monoisotopic (exact) mass is 635 g/mol. The lowest BCUT2D eigenvalue weighted by Gasteiger charge is -2.39. The lowest BCUT2D eigenvalue weighted by atomic mass is 9.69. The Bertz CT molecular complexity index is 1050. The summed E-state index contributed by atoms with van der Waals surface area (Å²) in [5.74, 6) is 6.61. The van der Waals surface area contributed by atoms with Crippen molar-refractivity contribution in [3.63, 3.8) is 0 Å². The smallest absolute Gasteiger partial charge is 0.0631 e. The number of unbranched alkanes of at least 4 members (excludes halogenated alkanes) is 2. The lowest BCUT2D eigenvalue weighted by Crippen LogP contribution is -2.61. The standard InChI is InChI=1S/C38H66N8/c1-2-3-4-5-13-22-14-12-21-29-30(22)38-45-36-28-20-11-10-19-27(28)34(43-36)41-32-24-16-7-6-15-23(24)31(39-32)40-33-25-17-8-9-18-26(25)35(42-33)44-37(29)46-38/h2,22-46H,1,3-21H2. The van der Waals surface area contributed by atoms with Crippen LogP contribution < -0.4 is 42.5 Å². The van der Waals surface area contributed by atoms with E-state index in [1.54, 1.807) is 0 Å². The largest absolute Gasteiger partial charge is 0.286 e. The first-order valence-electron chi connectivity index (χ1n) is 20.4. The number of fused-ring (bicyclic) bond motifs is 20. The minimum Gasteiger partial charge on any atom is -0.286 e. The second kappa shape index (κ2) is 13.6. The van der Waals surface area contributed by atoms with Crippen molar-refractivity contribution in [1.29, 1.82) is 0 Å². The average Bonchev–Trinajstić information content (AvgIpc) is 3.83. The van der Waals surface area contributed by atoms with Crippen molar-refractivity contribution in [3.05, 3.63) is 12.7 Å². The van der Waals surface area contributed by atoms with Gasteiger partial charge in [-0.2, -0.15) is 0 Å². The SMILES string of the molecule is C=CCCCCC1CCCC2C3NC4NC(NC5NC(NC6NC(NC(N3)C12)C1CCCCC61)C1CCCCC51)C1CCCCC41. The highest BCUT2D eigenvalue weighted by molar-refractivity contribution is 5.09. The molecule has 17 unspecified atom stereocenters. The molecule has 0 aromatic carbocycles. The van der Waals surface area contributed by atoms with Crippen molar-refractivity contribution in [1.82, 2.24) is 42.5 Å². The minimum atomic E-state index is 0.383. The first-order chi connectivity index (χ1) is 22.7. The molecule has 0 radical (unpaired) electrons. The van der Waals surface area contributed by atoms with Gasteiger partial charge in [-0.15, -0.1) is 6.58 Å². The Morgan fingerprint density at radius 1 is 0.391 bits per heavy atom. The van der Waals surface area contributed by atoms with Gasteiger partial charge in [0.2, 0.25) is 0 Å². The van der Waals surface area contributed by atoms with Gasteiger partial charge >= 0.3 is 0 Å². The highest BCUT2D eigenvalue weighted by Crippen LogP contribution is 2.47. The lowest BCUT2D eigenvalue weighted by molar-refractivity contribution is 0.115. The summed E-state index contributed by atoms with van der Waals surface area (Å²) in [6, 6.07) is 0. The van der Waals surface area contributed by atoms with Crippen LogP contribution >= 0.6 is 0 Å². The van der Waals surface area contributed by atoms with Crippen LogP contribution in [0.5, 0.6) is 0 Å². The van der Waals surface area contributed by atoms with Crippen LogP contribution in [-0.4, -0.2) is 49.3 Å². The van der Waals surface area contributed by atoms with Gasteiger partial charge in [0.15, 0.2) is 0 Å². The van der Waals surface area contributed by atoms with E-state index in [4.69, 9.17) is 0 Å². The molecule has 8 heteroatoms. The molecule has 0 aromatic rings. The highest BCUT2D eigenvalue weighted by atomic mass is 15.4. The van der Waals surface area contributed by atoms with Crippen molar-refractivity contribution in [2.24, 2.45) is 53.3 Å². The second-order valence-corrected chi connectivity index (χ2v) is 17.5. The molecule has 8 N–H and O–H groups in total. The molecule has 17 atom stereocenters. The summed E-state index contributed by atoms with van der Waals surface area (Å²) < 4.78 is 0. The molecule has 0 aromatic heterocycles. The van der Waals surface area contributed by atoms with Crippen LogP contribution in [0.2, 0.25) is 0 Å². The summed E-state index contributed by atoms with van der Waals surface area (Å²) in [6.45, 7) is 4.00. The van der Waals surface area contributed by atoms with Crippen molar-refractivity contribution in [2.45, 2.75) is 171 Å². The van der Waals surface area contributed by atoms with E-state index in [1.807, 2.05) is 0 Å². The predicted molar refractivity (Wildman–Crippen MR) is 185 cm³/mol. The van der Waals surface area contributed by atoms with Crippen molar-refractivity contribution >= 4 is 0 Å². The average molecular weight is 635 g/mol. The van der Waals surface area contributed by atoms with Gasteiger partial charge in [-0.3, -0.25) is 42.5 Å². The predicted octanol–water partition coefficient (Wildman–Crippen LogP) is 4.58. The maximum Gasteiger partial charge on any atom is 0.0631 e. The molecular weight excluding hydrogens is 568 g/mol. The fraction of sp³-hybridized carbons (Fsp3) is 0.947. The van der Waals surface area contributed by atoms with Crippen molar-refractivity contribution < 1.29 is 0 Å². The Labute approximate surface area is 279 Å². The van der Waals surface area contributed by atoms with Gasteiger partial charge in [-0.1, -0.05) is 70.3 Å². The fourth-order valence-corrected chi connectivity index (χ4v) is 13.2. The van der Waals surface area contributed by atoms with Crippen LogP contribution in [0.3, 0.4) is 0 Å². The third-order valence-corrected chi connectivity index (χ3v) is 15.3. The Balaban J connectivity index is 1.03. The number of nitrogens with one attached hydrogen (secondary N) is 8. The molecule has 4 saturated carbocycles. The molecule has 9 fully saturated rings. The van der Waals surface area contributed by atoms with E-state index in [9.17, 15) is 0 Å². The molecule has 5 heterocycles. The number of hydrogen-bond acceptors (Lipinski definition) is 8. The first kappa shape index (κ1) is 31.4. The van der Waals surface area contributed by atoms with E-state index >= 15 is 0 Å². The quantitative estimate of drug-likeness (QED) is 0.165. The molecule has 0 amide bonds. The molecule has 258 valence electrons. The van der Waals surface area contributed by atoms with Gasteiger partial charge in [0, 0.05) is 0 Å². The van der Waals surface area contributed by atoms with E-state index in [0.29, 0.717) is 61.2 Å². The zero-order chi connectivity index (χ0) is 30.6. The molecule has 5 aliphatic heterocycles. The summed E-state index contributed by atoms with van der Waals surface area (Å²) >= 11 is 0. The van der Waals surface area contributed by atoms with Gasteiger partial charge in [-0.05, 0) is 111 Å². The van der Waals surface area contributed by atoms with Crippen LogP contribution in [0, 0.1) is 53.3 Å². The Morgan fingerprint density at radius 3 is 1.13 bits per heavy atom. The van der Waals surface area contributed by atoms with Gasteiger partial charge in [0.1, 0.15) is 0 Å². The van der Waals surface area contributed by atoms with Gasteiger partial charge < -0.3 is 0 Å². The molecular formula is C38H66N8. The number of allylic oxidation sites excluding steroid dienone is 1. The molecule has 8 bridgehead atoms. The third kappa shape index (κ3) is 5.76. The van der Waals surface area contributed by atoms with E-state index < -0.39 is 0 Å². The van der Waals surface area contributed by atoms with Gasteiger partial charge in [0.25, 0.3) is 0 Å². The van der Waals surface area contributed by atoms with Gasteiger partial charge in [-0.25, -0.2) is 0 Å². The third-order valence-electron chi connectivity index (χ3n) is 15.3.